The van der Waals surface area contributed by atoms with Crippen molar-refractivity contribution in [2.24, 2.45) is 5.92 Å². The van der Waals surface area contributed by atoms with Crippen molar-refractivity contribution in [3.05, 3.63) is 99.6 Å². The van der Waals surface area contributed by atoms with E-state index in [0.717, 1.165) is 10.5 Å². The van der Waals surface area contributed by atoms with E-state index in [1.165, 1.54) is 24.3 Å². The monoisotopic (exact) mass is 449 g/mol. The van der Waals surface area contributed by atoms with Crippen LogP contribution in [0, 0.1) is 16.0 Å². The minimum absolute atomic E-state index is 0.147. The van der Waals surface area contributed by atoms with E-state index in [1.807, 2.05) is 30.3 Å². The van der Waals surface area contributed by atoms with Gasteiger partial charge in [-0.3, -0.25) is 24.5 Å². The maximum atomic E-state index is 13.5. The van der Waals surface area contributed by atoms with Gasteiger partial charge in [-0.05, 0) is 35.9 Å². The van der Waals surface area contributed by atoms with Crippen LogP contribution in [0.2, 0.25) is 5.02 Å². The number of carbonyl (C=O) groups excluding carboxylic acids is 2. The first-order valence-electron chi connectivity index (χ1n) is 9.84. The van der Waals surface area contributed by atoms with E-state index < -0.39 is 34.8 Å². The zero-order chi connectivity index (χ0) is 22.4. The topological polar surface area (TPSA) is 93.0 Å². The number of carbonyl (C=O) groups is 2. The van der Waals surface area contributed by atoms with E-state index in [0.29, 0.717) is 10.7 Å². The Morgan fingerprint density at radius 3 is 2.25 bits per heavy atom. The van der Waals surface area contributed by atoms with Crippen LogP contribution >= 0.6 is 11.6 Å². The summed E-state index contributed by atoms with van der Waals surface area (Å²) in [6.45, 7) is 0. The van der Waals surface area contributed by atoms with Crippen LogP contribution in [-0.2, 0) is 14.4 Å². The first kappa shape index (κ1) is 20.2. The molecule has 3 aromatic rings. The zero-order valence-corrected chi connectivity index (χ0v) is 17.3. The maximum Gasteiger partial charge on any atom is 0.271 e. The summed E-state index contributed by atoms with van der Waals surface area (Å²) >= 11 is 6.05. The molecule has 9 heteroatoms. The Labute approximate surface area is 187 Å². The second kappa shape index (κ2) is 7.74. The van der Waals surface area contributed by atoms with Gasteiger partial charge in [0.1, 0.15) is 5.92 Å². The van der Waals surface area contributed by atoms with E-state index in [-0.39, 0.29) is 11.4 Å². The molecule has 2 amide bonds. The van der Waals surface area contributed by atoms with Crippen LogP contribution in [0.25, 0.3) is 0 Å². The summed E-state index contributed by atoms with van der Waals surface area (Å²) < 4.78 is 0. The molecular formula is C23H16ClN3O5. The predicted molar refractivity (Wildman–Crippen MR) is 117 cm³/mol. The molecule has 0 radical (unpaired) electrons. The second-order valence-corrected chi connectivity index (χ2v) is 7.93. The van der Waals surface area contributed by atoms with Gasteiger partial charge in [0.25, 0.3) is 11.6 Å². The van der Waals surface area contributed by atoms with Gasteiger partial charge in [-0.15, -0.1) is 0 Å². The van der Waals surface area contributed by atoms with Gasteiger partial charge in [-0.1, -0.05) is 48.0 Å². The number of nitro groups is 1. The van der Waals surface area contributed by atoms with Crippen molar-refractivity contribution in [1.82, 2.24) is 0 Å². The molecule has 2 aliphatic heterocycles. The molecule has 2 heterocycles. The van der Waals surface area contributed by atoms with Crippen molar-refractivity contribution in [2.45, 2.75) is 12.1 Å². The van der Waals surface area contributed by atoms with Crippen LogP contribution in [0.1, 0.15) is 11.6 Å². The zero-order valence-electron chi connectivity index (χ0n) is 16.5. The largest absolute Gasteiger partial charge is 0.273 e. The molecular weight excluding hydrogens is 434 g/mol. The predicted octanol–water partition coefficient (Wildman–Crippen LogP) is 4.30. The molecule has 0 N–H and O–H groups in total. The molecule has 0 bridgehead atoms. The van der Waals surface area contributed by atoms with Crippen LogP contribution in [0.3, 0.4) is 0 Å². The molecule has 5 rings (SSSR count). The molecule has 3 aromatic carbocycles. The first-order valence-corrected chi connectivity index (χ1v) is 10.2. The van der Waals surface area contributed by atoms with Gasteiger partial charge in [-0.2, -0.15) is 0 Å². The quantitative estimate of drug-likeness (QED) is 0.335. The van der Waals surface area contributed by atoms with Crippen LogP contribution in [0.15, 0.2) is 78.9 Å². The van der Waals surface area contributed by atoms with Gasteiger partial charge in [-0.25, -0.2) is 9.96 Å². The number of hydroxylamine groups is 1. The summed E-state index contributed by atoms with van der Waals surface area (Å²) in [5, 5.41) is 13.3. The third kappa shape index (κ3) is 3.21. The highest BCUT2D eigenvalue weighted by atomic mass is 35.5. The number of fused-ring (bicyclic) bond motifs is 1. The molecule has 0 aliphatic carbocycles. The lowest BCUT2D eigenvalue weighted by Crippen LogP contribution is -2.37. The molecule has 2 saturated heterocycles. The third-order valence-electron chi connectivity index (χ3n) is 5.64. The summed E-state index contributed by atoms with van der Waals surface area (Å²) in [7, 11) is 0. The highest BCUT2D eigenvalue weighted by Gasteiger charge is 2.60. The van der Waals surface area contributed by atoms with Crippen molar-refractivity contribution < 1.29 is 19.3 Å². The van der Waals surface area contributed by atoms with Crippen molar-refractivity contribution >= 4 is 40.5 Å². The number of nitrogens with zero attached hydrogens (tertiary/aromatic N) is 3. The molecule has 0 saturated carbocycles. The lowest BCUT2D eigenvalue weighted by atomic mass is 9.90. The molecule has 0 aromatic heterocycles. The number of rotatable bonds is 4. The Morgan fingerprint density at radius 1 is 0.875 bits per heavy atom. The molecule has 2 aliphatic rings. The standard InChI is InChI=1S/C23H16ClN3O5/c24-15-11-9-14(10-12-15)20-19-21(32-26(20)16-5-2-1-3-6-16)23(29)25(22(19)28)17-7-4-8-18(13-17)27(30)31/h1-13,19-21H/t19-,20-,21-/m1/s1. The molecule has 3 atom stereocenters. The maximum absolute atomic E-state index is 13.5. The Morgan fingerprint density at radius 2 is 1.56 bits per heavy atom. The number of amides is 2. The Kier molecular flexibility index (Phi) is 4.88. The Balaban J connectivity index is 1.57. The number of nitro benzene ring substituents is 1. The van der Waals surface area contributed by atoms with Crippen LogP contribution in [0.5, 0.6) is 0 Å². The highest BCUT2D eigenvalue weighted by molar-refractivity contribution is 6.30. The van der Waals surface area contributed by atoms with Gasteiger partial charge in [0.15, 0.2) is 6.10 Å². The van der Waals surface area contributed by atoms with Gasteiger partial charge < -0.3 is 0 Å². The highest BCUT2D eigenvalue weighted by Crippen LogP contribution is 2.47. The van der Waals surface area contributed by atoms with E-state index in [1.54, 1.807) is 29.3 Å². The van der Waals surface area contributed by atoms with Gasteiger partial charge >= 0.3 is 0 Å². The van der Waals surface area contributed by atoms with Crippen LogP contribution in [-0.4, -0.2) is 22.8 Å². The number of halogens is 1. The molecule has 0 unspecified atom stereocenters. The number of hydrogen-bond acceptors (Lipinski definition) is 6. The number of para-hydroxylation sites is 1. The fraction of sp³-hybridized carbons (Fsp3) is 0.130. The van der Waals surface area contributed by atoms with E-state index in [4.69, 9.17) is 16.4 Å². The minimum atomic E-state index is -1.05. The molecule has 8 nitrogen and oxygen atoms in total. The second-order valence-electron chi connectivity index (χ2n) is 7.50. The molecule has 160 valence electrons. The number of non-ortho nitro benzene ring substituents is 1. The summed E-state index contributed by atoms with van der Waals surface area (Å²) in [5.74, 6) is -1.86. The van der Waals surface area contributed by atoms with Gasteiger partial charge in [0.05, 0.1) is 22.3 Å². The fourth-order valence-corrected chi connectivity index (χ4v) is 4.34. The fourth-order valence-electron chi connectivity index (χ4n) is 4.21. The summed E-state index contributed by atoms with van der Waals surface area (Å²) in [5.41, 5.74) is 1.40. The average molecular weight is 450 g/mol. The van der Waals surface area contributed by atoms with E-state index in [9.17, 15) is 19.7 Å². The number of benzene rings is 3. The smallest absolute Gasteiger partial charge is 0.271 e. The van der Waals surface area contributed by atoms with Crippen molar-refractivity contribution in [3.8, 4) is 0 Å². The van der Waals surface area contributed by atoms with Crippen molar-refractivity contribution in [2.75, 3.05) is 9.96 Å². The minimum Gasteiger partial charge on any atom is -0.273 e. The summed E-state index contributed by atoms with van der Waals surface area (Å²) in [6, 6.07) is 21.1. The average Bonchev–Trinajstić information content (AvgIpc) is 3.31. The summed E-state index contributed by atoms with van der Waals surface area (Å²) in [4.78, 5) is 44.4. The van der Waals surface area contributed by atoms with Gasteiger partial charge in [0, 0.05) is 17.2 Å². The normalized spacial score (nSPS) is 22.3. The molecule has 32 heavy (non-hydrogen) atoms. The lowest BCUT2D eigenvalue weighted by Gasteiger charge is -2.28. The van der Waals surface area contributed by atoms with E-state index in [2.05, 4.69) is 0 Å². The number of imide groups is 1. The number of hydrogen-bond donors (Lipinski definition) is 0. The van der Waals surface area contributed by atoms with Crippen molar-refractivity contribution in [3.63, 3.8) is 0 Å². The number of anilines is 2. The Hall–Kier alpha value is -3.75. The SMILES string of the molecule is O=C1[C@@H]2[C@@H](c3ccc(Cl)cc3)N(c3ccccc3)O[C@H]2C(=O)N1c1cccc([N+](=O)[O-])c1. The van der Waals surface area contributed by atoms with E-state index >= 15 is 0 Å². The van der Waals surface area contributed by atoms with Crippen molar-refractivity contribution in [1.29, 1.82) is 0 Å². The van der Waals surface area contributed by atoms with Crippen LogP contribution in [0.4, 0.5) is 17.1 Å². The van der Waals surface area contributed by atoms with Crippen LogP contribution < -0.4 is 9.96 Å². The molecule has 0 spiro atoms. The first-order chi connectivity index (χ1) is 15.5. The molecule has 2 fully saturated rings. The lowest BCUT2D eigenvalue weighted by molar-refractivity contribution is -0.384. The third-order valence-corrected chi connectivity index (χ3v) is 5.89. The summed E-state index contributed by atoms with van der Waals surface area (Å²) in [6.07, 6.45) is -1.05. The Bertz CT molecular complexity index is 1220. The van der Waals surface area contributed by atoms with Gasteiger partial charge in [0.2, 0.25) is 5.91 Å².